The third kappa shape index (κ3) is 8.41. The first kappa shape index (κ1) is 44.0. The zero-order chi connectivity index (χ0) is 41.6. The lowest BCUT2D eigenvalue weighted by molar-refractivity contribution is -0.248. The molecular weight excluding hydrogens is 750 g/mol. The summed E-state index contributed by atoms with van der Waals surface area (Å²) in [4.78, 5) is 14.3. The molecule has 0 aromatic carbocycles. The van der Waals surface area contributed by atoms with E-state index in [1.54, 1.807) is 13.0 Å². The second-order valence-electron chi connectivity index (χ2n) is 18.8. The molecule has 0 spiro atoms. The maximum atomic E-state index is 12.5. The van der Waals surface area contributed by atoms with Gasteiger partial charge in [-0.2, -0.15) is 0 Å². The molecule has 3 heterocycles. The first-order valence-electron chi connectivity index (χ1n) is 22.0. The predicted octanol–water partition coefficient (Wildman–Crippen LogP) is 4.55. The first-order valence-corrected chi connectivity index (χ1v) is 22.0. The number of nitrogens with zero attached hydrogens (tertiary/aromatic N) is 1. The van der Waals surface area contributed by atoms with Gasteiger partial charge in [-0.25, -0.2) is 4.79 Å². The molecule has 7 aliphatic rings. The van der Waals surface area contributed by atoms with E-state index in [-0.39, 0.29) is 71.8 Å². The number of hydrogen-bond acceptors (Lipinski definition) is 14. The van der Waals surface area contributed by atoms with E-state index in [9.17, 15) is 35.4 Å². The summed E-state index contributed by atoms with van der Waals surface area (Å²) in [5.41, 5.74) is -1.05. The number of aliphatic hydroxyl groups excluding tert-OH is 5. The molecule has 4 saturated carbocycles. The van der Waals surface area contributed by atoms with Crippen LogP contribution in [0.25, 0.3) is 0 Å². The van der Waals surface area contributed by atoms with Crippen LogP contribution < -0.4 is 0 Å². The number of ether oxygens (including phenoxy) is 6. The first-order chi connectivity index (χ1) is 27.6. The van der Waals surface area contributed by atoms with Crippen molar-refractivity contribution in [3.8, 4) is 0 Å². The molecule has 7 rings (SSSR count). The molecule has 0 aromatic rings. The van der Waals surface area contributed by atoms with Crippen molar-refractivity contribution >= 4 is 5.97 Å². The van der Waals surface area contributed by atoms with Crippen LogP contribution in [0.2, 0.25) is 0 Å². The Balaban J connectivity index is 0.914. The Kier molecular flexibility index (Phi) is 13.4. The van der Waals surface area contributed by atoms with Gasteiger partial charge < -0.3 is 59.1 Å². The minimum atomic E-state index is -1.56. The van der Waals surface area contributed by atoms with Gasteiger partial charge in [-0.15, -0.1) is 0 Å². The maximum absolute atomic E-state index is 12.5. The molecule has 58 heavy (non-hydrogen) atoms. The largest absolute Gasteiger partial charge is 0.510 e. The molecule has 0 aromatic heterocycles. The number of fused-ring (bicyclic) bond motifs is 5. The minimum absolute atomic E-state index is 0.0329. The van der Waals surface area contributed by atoms with Gasteiger partial charge in [0.05, 0.1) is 43.2 Å². The quantitative estimate of drug-likeness (QED) is 0.0812. The molecule has 15 atom stereocenters. The van der Waals surface area contributed by atoms with E-state index in [0.29, 0.717) is 51.0 Å². The summed E-state index contributed by atoms with van der Waals surface area (Å²) >= 11 is 0. The lowest BCUT2D eigenvalue weighted by atomic mass is 9.42. The average Bonchev–Trinajstić information content (AvgIpc) is 3.64. The van der Waals surface area contributed by atoms with Gasteiger partial charge >= 0.3 is 5.97 Å². The van der Waals surface area contributed by atoms with Crippen molar-refractivity contribution < 1.29 is 63.9 Å². The summed E-state index contributed by atoms with van der Waals surface area (Å²) < 4.78 is 34.6. The Bertz CT molecular complexity index is 1550. The molecule has 14 nitrogen and oxygen atoms in total. The van der Waals surface area contributed by atoms with Crippen molar-refractivity contribution in [2.75, 3.05) is 32.9 Å². The van der Waals surface area contributed by atoms with E-state index >= 15 is 0 Å². The predicted molar refractivity (Wildman–Crippen MR) is 211 cm³/mol. The molecule has 0 amide bonds. The van der Waals surface area contributed by atoms with Crippen LogP contribution in [0.15, 0.2) is 35.3 Å². The summed E-state index contributed by atoms with van der Waals surface area (Å²) in [7, 11) is 0. The molecule has 5 unspecified atom stereocenters. The van der Waals surface area contributed by atoms with E-state index in [2.05, 4.69) is 11.8 Å². The maximum Gasteiger partial charge on any atom is 0.331 e. The van der Waals surface area contributed by atoms with E-state index in [1.807, 2.05) is 20.8 Å². The minimum Gasteiger partial charge on any atom is -0.510 e. The summed E-state index contributed by atoms with van der Waals surface area (Å²) in [6.45, 7) is 13.2. The molecule has 3 aliphatic heterocycles. The van der Waals surface area contributed by atoms with Crippen LogP contribution in [-0.2, 0) is 33.2 Å². The fourth-order valence-electron chi connectivity index (χ4n) is 12.3. The van der Waals surface area contributed by atoms with Crippen LogP contribution in [0.1, 0.15) is 105 Å². The highest BCUT2D eigenvalue weighted by atomic mass is 16.7. The second kappa shape index (κ2) is 17.7. The summed E-state index contributed by atoms with van der Waals surface area (Å²) in [6.07, 6.45) is 4.81. The zero-order valence-corrected chi connectivity index (χ0v) is 35.0. The lowest BCUT2D eigenvalue weighted by Crippen LogP contribution is -2.67. The fourth-order valence-corrected chi connectivity index (χ4v) is 12.3. The van der Waals surface area contributed by atoms with Gasteiger partial charge in [-0.05, 0) is 106 Å². The third-order valence-electron chi connectivity index (χ3n) is 15.7. The van der Waals surface area contributed by atoms with Crippen molar-refractivity contribution in [2.45, 2.75) is 166 Å². The molecular formula is C44H69NO13. The van der Waals surface area contributed by atoms with Crippen LogP contribution in [0.3, 0.4) is 0 Å². The van der Waals surface area contributed by atoms with Crippen LogP contribution in [0.4, 0.5) is 0 Å². The number of rotatable bonds is 14. The molecule has 14 heteroatoms. The Morgan fingerprint density at radius 3 is 2.34 bits per heavy atom. The number of carbonyl (C=O) groups excluding carboxylic acids is 1. The van der Waals surface area contributed by atoms with Gasteiger partial charge in [0.2, 0.25) is 0 Å². The summed E-state index contributed by atoms with van der Waals surface area (Å²) in [5.74, 6) is -0.522. The number of esters is 1. The lowest BCUT2D eigenvalue weighted by Gasteiger charge is -2.65. The van der Waals surface area contributed by atoms with Crippen molar-refractivity contribution in [3.63, 3.8) is 0 Å². The molecule has 0 radical (unpaired) electrons. The van der Waals surface area contributed by atoms with E-state index in [0.717, 1.165) is 57.2 Å². The standard InChI is InChI=1S/C44H69NO13/c1-6-35(57-40(51)20-34(47)36(7-2)58-41-12-15-45(21-25(3)55-41)28-23-53-24-28)33(46)19-39(50)56-29-10-13-42(4)27(17-29)8-9-31-32(42)18-37(48)43(5)30(11-14-44(31,43)52)26-16-38(49)54-22-26/h16,19-20,25,27-32,35-37,39-41,46-48,50-52H,6-15,17-18,21-24H2,1-5H3/b33-19-,34-20-/t25?,27?,29-,30+,31?,32?,35+,36+,37-,39-,40-,41?,42-,43-,44-/m0/s1. The highest BCUT2D eigenvalue weighted by molar-refractivity contribution is 5.85. The van der Waals surface area contributed by atoms with Crippen molar-refractivity contribution in [1.29, 1.82) is 0 Å². The topological polar surface area (TPSA) is 197 Å². The van der Waals surface area contributed by atoms with Crippen LogP contribution in [-0.4, -0.2) is 135 Å². The van der Waals surface area contributed by atoms with E-state index in [4.69, 9.17) is 28.4 Å². The molecule has 0 bridgehead atoms. The Morgan fingerprint density at radius 1 is 0.948 bits per heavy atom. The number of cyclic esters (lactones) is 1. The van der Waals surface area contributed by atoms with Crippen LogP contribution in [0, 0.1) is 34.5 Å². The fraction of sp³-hybridized carbons (Fsp3) is 0.841. The van der Waals surface area contributed by atoms with Gasteiger partial charge in [-0.1, -0.05) is 27.7 Å². The zero-order valence-electron chi connectivity index (χ0n) is 35.0. The third-order valence-corrected chi connectivity index (χ3v) is 15.7. The Labute approximate surface area is 343 Å². The van der Waals surface area contributed by atoms with Crippen LogP contribution >= 0.6 is 0 Å². The van der Waals surface area contributed by atoms with E-state index < -0.39 is 48.2 Å². The monoisotopic (exact) mass is 819 g/mol. The Hall–Kier alpha value is -2.11. The molecule has 4 aliphatic carbocycles. The summed E-state index contributed by atoms with van der Waals surface area (Å²) in [6, 6.07) is 0.390. The van der Waals surface area contributed by atoms with Gasteiger partial charge in [0.25, 0.3) is 0 Å². The molecule has 6 fully saturated rings. The van der Waals surface area contributed by atoms with Crippen molar-refractivity contribution in [1.82, 2.24) is 4.90 Å². The summed E-state index contributed by atoms with van der Waals surface area (Å²) in [5, 5.41) is 68.0. The van der Waals surface area contributed by atoms with Gasteiger partial charge in [0, 0.05) is 43.2 Å². The molecule has 6 N–H and O–H groups in total. The van der Waals surface area contributed by atoms with Gasteiger partial charge in [0.15, 0.2) is 18.9 Å². The van der Waals surface area contributed by atoms with Crippen molar-refractivity contribution in [3.05, 3.63) is 35.3 Å². The van der Waals surface area contributed by atoms with Crippen LogP contribution in [0.5, 0.6) is 0 Å². The smallest absolute Gasteiger partial charge is 0.331 e. The second-order valence-corrected chi connectivity index (χ2v) is 18.8. The Morgan fingerprint density at radius 2 is 1.67 bits per heavy atom. The van der Waals surface area contributed by atoms with Gasteiger partial charge in [0.1, 0.15) is 30.3 Å². The SMILES string of the molecule is CC[C@@H](OC1CCN(C2COC2)CC(C)O1)/C(O)=C/[C@@H](O)O[C@H](CC)/C(O)=C/[C@@H](O)O[C@H]1CC[C@@]2(C)C(CCC3C2C[C@H](O)[C@]2(C)[C@@H](C4=CC(=O)OC4)CC[C@]32O)C1. The van der Waals surface area contributed by atoms with E-state index in [1.165, 1.54) is 6.08 Å². The van der Waals surface area contributed by atoms with Crippen molar-refractivity contribution in [2.24, 2.45) is 34.5 Å². The molecule has 2 saturated heterocycles. The number of carbonyl (C=O) groups is 1. The normalized spacial score (nSPS) is 42.2. The molecule has 328 valence electrons. The average molecular weight is 820 g/mol. The highest BCUT2D eigenvalue weighted by Gasteiger charge is 2.70. The number of aliphatic hydroxyl groups is 6. The highest BCUT2D eigenvalue weighted by Crippen LogP contribution is 2.70. The number of hydrogen-bond donors (Lipinski definition) is 6. The van der Waals surface area contributed by atoms with Gasteiger partial charge in [-0.3, -0.25) is 4.90 Å².